The predicted octanol–water partition coefficient (Wildman–Crippen LogP) is 6.80. The number of hydrogen-bond donors (Lipinski definition) is 4. The SMILES string of the molecule is C.CC.CC1=CC(c2n[nH]c3ccc(C(N)=O)cc23)=CCCN1C.CNC(=O)C1CCCCN1Cc1c(F)cccc1OC.OC1CCCC1. The molecule has 2 amide bonds. The fourth-order valence-electron chi connectivity index (χ4n) is 6.17. The van der Waals surface area contributed by atoms with Crippen molar-refractivity contribution in [1.29, 1.82) is 0 Å². The smallest absolute Gasteiger partial charge is 0.248 e. The van der Waals surface area contributed by atoms with Crippen molar-refractivity contribution in [3.05, 3.63) is 76.9 Å². The van der Waals surface area contributed by atoms with Gasteiger partial charge in [-0.05, 0) is 82.0 Å². The number of aliphatic hydroxyl groups excluding tert-OH is 1. The number of likely N-dealkylation sites (tertiary alicyclic amines) is 1. The molecule has 276 valence electrons. The number of nitrogens with zero attached hydrogens (tertiary/aromatic N) is 3. The van der Waals surface area contributed by atoms with Crippen molar-refractivity contribution in [1.82, 2.24) is 25.3 Å². The molecule has 2 aliphatic heterocycles. The molecule has 1 saturated carbocycles. The Hall–Kier alpha value is -4.22. The Morgan fingerprint density at radius 1 is 1.10 bits per heavy atom. The largest absolute Gasteiger partial charge is 0.496 e. The standard InChI is InChI=1S/C16H18N4O.C15H21FN2O2.C5H10O.C2H6.CH4/c1-10-8-11(4-3-7-20(10)2)15-13-9-12(16(17)21)5-6-14(13)18-19-15;1-17-15(19)13-7-3-4-9-18(13)10-11-12(16)6-5-8-14(11)20-2;6-5-3-1-2-4-5;1-2;/h4-6,8-9H,3,7H2,1-2H3,(H2,17,21)(H,18,19);5-6,8,13H,3-4,7,9-10H2,1-2H3,(H,17,19);5-6H,1-4H2;1-2H3;1H4. The van der Waals surface area contributed by atoms with Crippen LogP contribution in [-0.2, 0) is 11.3 Å². The molecule has 1 aromatic heterocycles. The molecule has 3 aliphatic rings. The van der Waals surface area contributed by atoms with Crippen LogP contribution in [0.1, 0.15) is 101 Å². The molecule has 1 atom stereocenters. The van der Waals surface area contributed by atoms with Gasteiger partial charge in [-0.25, -0.2) is 4.39 Å². The summed E-state index contributed by atoms with van der Waals surface area (Å²) in [4.78, 5) is 27.5. The monoisotopic (exact) mass is 694 g/mol. The maximum Gasteiger partial charge on any atom is 0.248 e. The van der Waals surface area contributed by atoms with E-state index in [1.165, 1.54) is 31.7 Å². The first kappa shape index (κ1) is 41.9. The molecule has 10 nitrogen and oxygen atoms in total. The van der Waals surface area contributed by atoms with Crippen LogP contribution in [0.25, 0.3) is 16.5 Å². The highest BCUT2D eigenvalue weighted by atomic mass is 19.1. The molecular weight excluding hydrogens is 635 g/mol. The number of halogens is 1. The van der Waals surface area contributed by atoms with Crippen LogP contribution in [-0.4, -0.2) is 83.4 Å². The minimum absolute atomic E-state index is 0. The molecule has 5 N–H and O–H groups in total. The summed E-state index contributed by atoms with van der Waals surface area (Å²) in [7, 11) is 5.25. The number of methoxy groups -OCH3 is 1. The van der Waals surface area contributed by atoms with Gasteiger partial charge in [0.05, 0.1) is 30.5 Å². The van der Waals surface area contributed by atoms with Gasteiger partial charge in [0.2, 0.25) is 11.8 Å². The zero-order valence-electron chi connectivity index (χ0n) is 30.0. The van der Waals surface area contributed by atoms with E-state index in [0.29, 0.717) is 23.4 Å². The number of benzene rings is 2. The second-order valence-corrected chi connectivity index (χ2v) is 12.3. The Morgan fingerprint density at radius 3 is 2.42 bits per heavy atom. The molecule has 50 heavy (non-hydrogen) atoms. The fourth-order valence-corrected chi connectivity index (χ4v) is 6.17. The number of amides is 2. The summed E-state index contributed by atoms with van der Waals surface area (Å²) >= 11 is 0. The van der Waals surface area contributed by atoms with Crippen molar-refractivity contribution in [2.45, 2.75) is 98.3 Å². The van der Waals surface area contributed by atoms with E-state index in [9.17, 15) is 14.0 Å². The number of carbonyl (C=O) groups excluding carboxylic acids is 2. The number of aromatic amines is 1. The molecule has 3 aromatic rings. The number of aromatic nitrogens is 2. The quantitative estimate of drug-likeness (QED) is 0.223. The summed E-state index contributed by atoms with van der Waals surface area (Å²) in [5.41, 5.74) is 10.4. The first-order valence-electron chi connectivity index (χ1n) is 17.5. The molecule has 0 bridgehead atoms. The molecule has 2 fully saturated rings. The number of likely N-dealkylation sites (N-methyl/N-ethyl adjacent to an activating group) is 1. The molecule has 1 saturated heterocycles. The molecule has 0 radical (unpaired) electrons. The van der Waals surface area contributed by atoms with E-state index in [1.807, 2.05) is 24.8 Å². The number of rotatable bonds is 6. The molecule has 1 unspecified atom stereocenters. The van der Waals surface area contributed by atoms with Gasteiger partial charge in [-0.1, -0.05) is 52.7 Å². The summed E-state index contributed by atoms with van der Waals surface area (Å²) in [6, 6.07) is 9.97. The van der Waals surface area contributed by atoms with Gasteiger partial charge in [0.1, 0.15) is 11.6 Å². The summed E-state index contributed by atoms with van der Waals surface area (Å²) < 4.78 is 19.2. The number of H-pyrrole nitrogens is 1. The lowest BCUT2D eigenvalue weighted by Gasteiger charge is -2.34. The van der Waals surface area contributed by atoms with Crippen LogP contribution in [0.5, 0.6) is 5.75 Å². The Bertz CT molecular complexity index is 1580. The number of primary amides is 1. The van der Waals surface area contributed by atoms with E-state index in [2.05, 4.69) is 46.5 Å². The van der Waals surface area contributed by atoms with E-state index in [4.69, 9.17) is 15.6 Å². The molecule has 1 aliphatic carbocycles. The molecule has 11 heteroatoms. The number of nitrogens with two attached hydrogens (primary N) is 1. The first-order valence-corrected chi connectivity index (χ1v) is 17.5. The molecule has 3 heterocycles. The average molecular weight is 695 g/mol. The van der Waals surface area contributed by atoms with Crippen molar-refractivity contribution in [3.63, 3.8) is 0 Å². The predicted molar refractivity (Wildman–Crippen MR) is 201 cm³/mol. The van der Waals surface area contributed by atoms with Gasteiger partial charge in [0, 0.05) is 55.0 Å². The Balaban J connectivity index is 0.000000281. The van der Waals surface area contributed by atoms with Crippen LogP contribution in [0.2, 0.25) is 0 Å². The number of aliphatic hydroxyl groups is 1. The van der Waals surface area contributed by atoms with Gasteiger partial charge in [0.15, 0.2) is 0 Å². The third-order valence-corrected chi connectivity index (χ3v) is 9.06. The average Bonchev–Trinajstić information content (AvgIpc) is 3.74. The van der Waals surface area contributed by atoms with E-state index in [-0.39, 0.29) is 31.3 Å². The Kier molecular flexibility index (Phi) is 17.7. The molecule has 2 aromatic carbocycles. The highest BCUT2D eigenvalue weighted by Gasteiger charge is 2.29. The number of fused-ring (bicyclic) bond motifs is 1. The van der Waals surface area contributed by atoms with Crippen LogP contribution in [0.15, 0.2) is 54.2 Å². The Morgan fingerprint density at radius 2 is 1.80 bits per heavy atom. The summed E-state index contributed by atoms with van der Waals surface area (Å²) in [6.07, 6.45) is 12.7. The third kappa shape index (κ3) is 11.4. The number of nitrogens with one attached hydrogen (secondary N) is 2. The van der Waals surface area contributed by atoms with E-state index >= 15 is 0 Å². The fraction of sp³-hybridized carbons (Fsp3) is 0.513. The van der Waals surface area contributed by atoms with Crippen molar-refractivity contribution in [3.8, 4) is 5.75 Å². The van der Waals surface area contributed by atoms with Crippen LogP contribution < -0.4 is 15.8 Å². The van der Waals surface area contributed by atoms with Gasteiger partial charge < -0.3 is 25.8 Å². The lowest BCUT2D eigenvalue weighted by molar-refractivity contribution is -0.127. The van der Waals surface area contributed by atoms with Gasteiger partial charge in [-0.3, -0.25) is 19.6 Å². The van der Waals surface area contributed by atoms with E-state index < -0.39 is 5.91 Å². The zero-order chi connectivity index (χ0) is 35.9. The van der Waals surface area contributed by atoms with Crippen molar-refractivity contribution >= 4 is 28.3 Å². The minimum Gasteiger partial charge on any atom is -0.496 e. The van der Waals surface area contributed by atoms with Gasteiger partial charge in [-0.2, -0.15) is 5.10 Å². The van der Waals surface area contributed by atoms with Crippen molar-refractivity contribution in [2.24, 2.45) is 5.73 Å². The number of piperidine rings is 1. The van der Waals surface area contributed by atoms with Gasteiger partial charge in [0.25, 0.3) is 0 Å². The van der Waals surface area contributed by atoms with E-state index in [1.54, 1.807) is 31.3 Å². The molecular formula is C39H59FN6O4. The highest BCUT2D eigenvalue weighted by molar-refractivity contribution is 6.00. The van der Waals surface area contributed by atoms with Gasteiger partial charge >= 0.3 is 0 Å². The van der Waals surface area contributed by atoms with Crippen LogP contribution in [0.4, 0.5) is 4.39 Å². The van der Waals surface area contributed by atoms with Crippen LogP contribution in [0, 0.1) is 5.82 Å². The number of allylic oxidation sites excluding steroid dienone is 3. The summed E-state index contributed by atoms with van der Waals surface area (Å²) in [5, 5.41) is 19.8. The number of carbonyl (C=O) groups is 2. The topological polar surface area (TPSA) is 137 Å². The normalized spacial score (nSPS) is 17.6. The highest BCUT2D eigenvalue weighted by Crippen LogP contribution is 2.29. The zero-order valence-corrected chi connectivity index (χ0v) is 30.0. The van der Waals surface area contributed by atoms with Crippen molar-refractivity contribution < 1.29 is 23.8 Å². The second-order valence-electron chi connectivity index (χ2n) is 12.3. The lowest BCUT2D eigenvalue weighted by Crippen LogP contribution is -2.48. The third-order valence-electron chi connectivity index (χ3n) is 9.06. The van der Waals surface area contributed by atoms with Crippen LogP contribution >= 0.6 is 0 Å². The molecule has 6 rings (SSSR count). The summed E-state index contributed by atoms with van der Waals surface area (Å²) in [6.45, 7) is 8.27. The van der Waals surface area contributed by atoms with Gasteiger partial charge in [-0.15, -0.1) is 0 Å². The Labute approximate surface area is 297 Å². The second kappa shape index (κ2) is 21.1. The maximum atomic E-state index is 14.0. The lowest BCUT2D eigenvalue weighted by atomic mass is 10.00. The maximum absolute atomic E-state index is 14.0. The van der Waals surface area contributed by atoms with Crippen molar-refractivity contribution in [2.75, 3.05) is 34.3 Å². The number of hydrogen-bond acceptors (Lipinski definition) is 7. The molecule has 0 spiro atoms. The van der Waals surface area contributed by atoms with Crippen LogP contribution in [0.3, 0.4) is 0 Å². The first-order chi connectivity index (χ1) is 23.6. The van der Waals surface area contributed by atoms with E-state index in [0.717, 1.165) is 73.8 Å². The summed E-state index contributed by atoms with van der Waals surface area (Å²) in [5.74, 6) is -0.179. The minimum atomic E-state index is -0.426. The number of ether oxygens (including phenoxy) is 1.